The van der Waals surface area contributed by atoms with Crippen molar-refractivity contribution in [2.24, 2.45) is 0 Å². The number of hydrogen-bond donors (Lipinski definition) is 0. The van der Waals surface area contributed by atoms with E-state index in [1.54, 1.807) is 0 Å². The largest absolute Gasteiger partial charge is 0.300 e. The lowest BCUT2D eigenvalue weighted by Gasteiger charge is -2.28. The van der Waals surface area contributed by atoms with Gasteiger partial charge in [-0.2, -0.15) is 5.10 Å². The minimum Gasteiger partial charge on any atom is -0.300 e. The first-order chi connectivity index (χ1) is 7.43. The number of likely N-dealkylation sites (N-methyl/N-ethyl adjacent to an activating group) is 1. The van der Waals surface area contributed by atoms with E-state index < -0.39 is 0 Å². The Morgan fingerprint density at radius 2 is 2.06 bits per heavy atom. The summed E-state index contributed by atoms with van der Waals surface area (Å²) in [5, 5.41) is 4.44. The van der Waals surface area contributed by atoms with Crippen molar-refractivity contribution in [1.82, 2.24) is 14.7 Å². The highest BCUT2D eigenvalue weighted by atomic mass is 16.1. The summed E-state index contributed by atoms with van der Waals surface area (Å²) in [6.45, 7) is 8.23. The molecule has 0 radical (unpaired) electrons. The van der Waals surface area contributed by atoms with Crippen molar-refractivity contribution in [3.05, 3.63) is 17.0 Å². The number of nitrogens with zero attached hydrogens (tertiary/aromatic N) is 3. The zero-order chi connectivity index (χ0) is 11.9. The average molecular weight is 221 g/mol. The number of aldehydes is 1. The molecule has 0 fully saturated rings. The van der Waals surface area contributed by atoms with Gasteiger partial charge in [-0.1, -0.05) is 0 Å². The molecule has 0 aromatic carbocycles. The Morgan fingerprint density at radius 1 is 1.38 bits per heavy atom. The van der Waals surface area contributed by atoms with Crippen molar-refractivity contribution in [1.29, 1.82) is 0 Å². The lowest BCUT2D eigenvalue weighted by molar-refractivity contribution is 0.111. The Hall–Kier alpha value is -1.16. The van der Waals surface area contributed by atoms with Crippen molar-refractivity contribution in [3.63, 3.8) is 0 Å². The highest BCUT2D eigenvalue weighted by Gasteiger charge is 2.27. The van der Waals surface area contributed by atoms with Crippen molar-refractivity contribution >= 4 is 6.29 Å². The van der Waals surface area contributed by atoms with Gasteiger partial charge in [0.1, 0.15) is 5.69 Å². The fraction of sp³-hybridized carbons (Fsp3) is 0.667. The molecule has 0 aliphatic carbocycles. The fourth-order valence-corrected chi connectivity index (χ4v) is 2.23. The predicted octanol–water partition coefficient (Wildman–Crippen LogP) is 1.44. The third-order valence-electron chi connectivity index (χ3n) is 3.03. The van der Waals surface area contributed by atoms with Gasteiger partial charge in [-0.25, -0.2) is 0 Å². The summed E-state index contributed by atoms with van der Waals surface area (Å²) in [5.74, 6) is 0. The fourth-order valence-electron chi connectivity index (χ4n) is 2.23. The molecule has 0 saturated heterocycles. The number of hydrogen-bond acceptors (Lipinski definition) is 3. The summed E-state index contributed by atoms with van der Waals surface area (Å²) in [6.07, 6.45) is 1.81. The van der Waals surface area contributed by atoms with Gasteiger partial charge in [-0.3, -0.25) is 9.48 Å². The molecule has 0 N–H and O–H groups in total. The second kappa shape index (κ2) is 3.70. The Morgan fingerprint density at radius 3 is 2.62 bits per heavy atom. The number of carbonyl (C=O) groups is 1. The quantitative estimate of drug-likeness (QED) is 0.673. The summed E-state index contributed by atoms with van der Waals surface area (Å²) in [7, 11) is 2.10. The number of aromatic nitrogens is 2. The van der Waals surface area contributed by atoms with Crippen molar-refractivity contribution < 1.29 is 4.79 Å². The van der Waals surface area contributed by atoms with Crippen LogP contribution in [0, 0.1) is 0 Å². The zero-order valence-corrected chi connectivity index (χ0v) is 10.4. The number of carbonyl (C=O) groups excluding carboxylic acids is 1. The monoisotopic (exact) mass is 221 g/mol. The molecule has 2 heterocycles. The normalized spacial score (nSPS) is 17.2. The van der Waals surface area contributed by atoms with Gasteiger partial charge in [0.15, 0.2) is 6.29 Å². The molecule has 4 nitrogen and oxygen atoms in total. The molecule has 0 spiro atoms. The molecule has 88 valence electrons. The van der Waals surface area contributed by atoms with Gasteiger partial charge in [0, 0.05) is 18.7 Å². The summed E-state index contributed by atoms with van der Waals surface area (Å²) in [6, 6.07) is 0. The van der Waals surface area contributed by atoms with E-state index in [0.29, 0.717) is 5.69 Å². The highest BCUT2D eigenvalue weighted by molar-refractivity contribution is 5.75. The molecule has 1 aliphatic heterocycles. The third-order valence-corrected chi connectivity index (χ3v) is 3.03. The smallest absolute Gasteiger partial charge is 0.170 e. The van der Waals surface area contributed by atoms with E-state index in [1.165, 1.54) is 5.69 Å². The van der Waals surface area contributed by atoms with E-state index in [0.717, 1.165) is 31.4 Å². The minimum absolute atomic E-state index is 0.0659. The molecule has 0 bridgehead atoms. The lowest BCUT2D eigenvalue weighted by atomic mass is 10.0. The van der Waals surface area contributed by atoms with Crippen LogP contribution in [0.1, 0.15) is 42.5 Å². The second-order valence-corrected chi connectivity index (χ2v) is 5.50. The highest BCUT2D eigenvalue weighted by Crippen LogP contribution is 2.26. The van der Waals surface area contributed by atoms with Gasteiger partial charge in [0.25, 0.3) is 0 Å². The molecule has 0 saturated carbocycles. The molecule has 4 heteroatoms. The SMILES string of the molecule is CN1CCc2c(C=O)nn(C(C)(C)C)c2C1. The van der Waals surface area contributed by atoms with Crippen LogP contribution in [0.2, 0.25) is 0 Å². The van der Waals surface area contributed by atoms with Crippen LogP contribution >= 0.6 is 0 Å². The van der Waals surface area contributed by atoms with E-state index in [-0.39, 0.29) is 5.54 Å². The molecule has 0 atom stereocenters. The van der Waals surface area contributed by atoms with Gasteiger partial charge in [0.2, 0.25) is 0 Å². The predicted molar refractivity (Wildman–Crippen MR) is 62.6 cm³/mol. The van der Waals surface area contributed by atoms with E-state index in [4.69, 9.17) is 0 Å². The van der Waals surface area contributed by atoms with Gasteiger partial charge in [0.05, 0.1) is 11.2 Å². The molecule has 0 amide bonds. The van der Waals surface area contributed by atoms with Crippen molar-refractivity contribution in [2.45, 2.75) is 39.3 Å². The van der Waals surface area contributed by atoms with Crippen LogP contribution in [0.25, 0.3) is 0 Å². The Kier molecular flexibility index (Phi) is 2.62. The van der Waals surface area contributed by atoms with E-state index in [2.05, 4.69) is 37.8 Å². The summed E-state index contributed by atoms with van der Waals surface area (Å²) < 4.78 is 2.00. The van der Waals surface area contributed by atoms with Gasteiger partial charge >= 0.3 is 0 Å². The molecule has 2 rings (SSSR count). The van der Waals surface area contributed by atoms with Gasteiger partial charge < -0.3 is 4.90 Å². The van der Waals surface area contributed by atoms with E-state index >= 15 is 0 Å². The molecular weight excluding hydrogens is 202 g/mol. The average Bonchev–Trinajstić information content (AvgIpc) is 2.54. The maximum absolute atomic E-state index is 11.0. The van der Waals surface area contributed by atoms with Crippen molar-refractivity contribution in [3.8, 4) is 0 Å². The molecule has 1 aromatic heterocycles. The molecule has 16 heavy (non-hydrogen) atoms. The first kappa shape index (κ1) is 11.3. The second-order valence-electron chi connectivity index (χ2n) is 5.50. The minimum atomic E-state index is -0.0659. The van der Waals surface area contributed by atoms with E-state index in [1.807, 2.05) is 4.68 Å². The molecule has 0 unspecified atom stereocenters. The molecule has 1 aliphatic rings. The van der Waals surface area contributed by atoms with Gasteiger partial charge in [-0.15, -0.1) is 0 Å². The summed E-state index contributed by atoms with van der Waals surface area (Å²) in [4.78, 5) is 13.3. The zero-order valence-electron chi connectivity index (χ0n) is 10.4. The Labute approximate surface area is 96.2 Å². The first-order valence-electron chi connectivity index (χ1n) is 5.68. The summed E-state index contributed by atoms with van der Waals surface area (Å²) >= 11 is 0. The van der Waals surface area contributed by atoms with Crippen LogP contribution < -0.4 is 0 Å². The third kappa shape index (κ3) is 1.78. The topological polar surface area (TPSA) is 38.1 Å². The summed E-state index contributed by atoms with van der Waals surface area (Å²) in [5.41, 5.74) is 2.90. The first-order valence-corrected chi connectivity index (χ1v) is 5.68. The number of rotatable bonds is 1. The lowest BCUT2D eigenvalue weighted by Crippen LogP contribution is -2.32. The molecule has 1 aromatic rings. The van der Waals surface area contributed by atoms with Crippen LogP contribution in [-0.4, -0.2) is 34.6 Å². The molecular formula is C12H19N3O. The Bertz CT molecular complexity index is 415. The maximum atomic E-state index is 11.0. The van der Waals surface area contributed by atoms with E-state index in [9.17, 15) is 4.79 Å². The standard InChI is InChI=1S/C12H19N3O/c1-12(2,3)15-11-7-14(4)6-5-9(11)10(8-16)13-15/h8H,5-7H2,1-4H3. The van der Waals surface area contributed by atoms with Crippen LogP contribution in [0.4, 0.5) is 0 Å². The number of fused-ring (bicyclic) bond motifs is 1. The maximum Gasteiger partial charge on any atom is 0.170 e. The van der Waals surface area contributed by atoms with Crippen LogP contribution in [0.3, 0.4) is 0 Å². The van der Waals surface area contributed by atoms with Crippen molar-refractivity contribution in [2.75, 3.05) is 13.6 Å². The van der Waals surface area contributed by atoms with Crippen LogP contribution in [-0.2, 0) is 18.5 Å². The van der Waals surface area contributed by atoms with Gasteiger partial charge in [-0.05, 0) is 34.2 Å². The van der Waals surface area contributed by atoms with Crippen LogP contribution in [0.15, 0.2) is 0 Å². The Balaban J connectivity index is 2.55. The van der Waals surface area contributed by atoms with Crippen LogP contribution in [0.5, 0.6) is 0 Å².